The lowest BCUT2D eigenvalue weighted by atomic mass is 9.88. The molecule has 1 unspecified atom stereocenters. The van der Waals surface area contributed by atoms with Crippen molar-refractivity contribution in [2.45, 2.75) is 5.92 Å². The van der Waals surface area contributed by atoms with Gasteiger partial charge in [-0.05, 0) is 34.4 Å². The number of fused-ring (bicyclic) bond motifs is 2. The zero-order chi connectivity index (χ0) is 16.8. The van der Waals surface area contributed by atoms with Gasteiger partial charge in [-0.25, -0.2) is 0 Å². The van der Waals surface area contributed by atoms with Gasteiger partial charge in [-0.2, -0.15) is 0 Å². The first-order valence-electron chi connectivity index (χ1n) is 8.27. The van der Waals surface area contributed by atoms with Crippen LogP contribution in [0.25, 0.3) is 11.8 Å². The van der Waals surface area contributed by atoms with Crippen molar-refractivity contribution >= 4 is 29.3 Å². The topological polar surface area (TPSA) is 29.1 Å². The van der Waals surface area contributed by atoms with Gasteiger partial charge < -0.3 is 5.32 Å². The van der Waals surface area contributed by atoms with Crippen LogP contribution < -0.4 is 15.8 Å². The van der Waals surface area contributed by atoms with Crippen LogP contribution in [0.5, 0.6) is 0 Å². The van der Waals surface area contributed by atoms with E-state index in [0.29, 0.717) is 0 Å². The van der Waals surface area contributed by atoms with Crippen molar-refractivity contribution in [3.05, 3.63) is 104 Å². The first kappa shape index (κ1) is 14.6. The fourth-order valence-corrected chi connectivity index (χ4v) is 4.46. The van der Waals surface area contributed by atoms with E-state index in [1.807, 2.05) is 36.4 Å². The van der Waals surface area contributed by atoms with Gasteiger partial charge in [0.25, 0.3) is 0 Å². The van der Waals surface area contributed by atoms with Gasteiger partial charge >= 0.3 is 0 Å². The van der Waals surface area contributed by atoms with Crippen LogP contribution in [-0.2, 0) is 4.79 Å². The third kappa shape index (κ3) is 2.31. The number of thioether (sulfide) groups is 1. The minimum atomic E-state index is -0.276. The molecular weight excluding hydrogens is 326 g/mol. The Hall–Kier alpha value is -2.78. The number of ketones is 1. The van der Waals surface area contributed by atoms with E-state index in [0.717, 1.165) is 21.9 Å². The van der Waals surface area contributed by atoms with Crippen molar-refractivity contribution in [2.75, 3.05) is 0 Å². The summed E-state index contributed by atoms with van der Waals surface area (Å²) in [6.07, 6.45) is 5.83. The van der Waals surface area contributed by atoms with Crippen molar-refractivity contribution in [1.82, 2.24) is 5.32 Å². The Morgan fingerprint density at radius 1 is 0.920 bits per heavy atom. The monoisotopic (exact) mass is 341 g/mol. The molecule has 1 heterocycles. The third-order valence-electron chi connectivity index (χ3n) is 4.77. The minimum Gasteiger partial charge on any atom is -0.356 e. The van der Waals surface area contributed by atoms with Gasteiger partial charge in [0.1, 0.15) is 0 Å². The number of hydrogen-bond acceptors (Lipinski definition) is 3. The molecule has 3 heteroatoms. The van der Waals surface area contributed by atoms with E-state index < -0.39 is 0 Å². The summed E-state index contributed by atoms with van der Waals surface area (Å²) in [4.78, 5) is 13.8. The summed E-state index contributed by atoms with van der Waals surface area (Å²) in [6.45, 7) is 0. The van der Waals surface area contributed by atoms with E-state index in [-0.39, 0.29) is 11.7 Å². The Kier molecular flexibility index (Phi) is 3.28. The number of carbonyl (C=O) groups excluding carboxylic acids is 1. The molecule has 2 aromatic carbocycles. The molecule has 1 atom stereocenters. The van der Waals surface area contributed by atoms with Crippen molar-refractivity contribution in [3.63, 3.8) is 0 Å². The molecule has 0 spiro atoms. The second kappa shape index (κ2) is 5.64. The summed E-state index contributed by atoms with van der Waals surface area (Å²) in [5, 5.41) is 8.20. The lowest BCUT2D eigenvalue weighted by Crippen LogP contribution is -2.31. The standard InChI is InChI=1S/C22H15NOS/c24-18-10-11-19-22(20(18)14-6-2-1-3-7-14)23-21-16(13-25-19)12-15-8-4-5-9-17(15)21/h1-13,20,23H. The van der Waals surface area contributed by atoms with Gasteiger partial charge in [0.2, 0.25) is 0 Å². The lowest BCUT2D eigenvalue weighted by Gasteiger charge is -2.24. The molecule has 3 aliphatic rings. The average molecular weight is 341 g/mol. The highest BCUT2D eigenvalue weighted by Gasteiger charge is 2.31. The predicted molar refractivity (Wildman–Crippen MR) is 103 cm³/mol. The smallest absolute Gasteiger partial charge is 0.169 e. The van der Waals surface area contributed by atoms with Crippen LogP contribution in [-0.4, -0.2) is 5.78 Å². The number of allylic oxidation sites excluding steroid dienone is 3. The first-order chi connectivity index (χ1) is 12.3. The van der Waals surface area contributed by atoms with E-state index in [1.165, 1.54) is 16.0 Å². The second-order valence-corrected chi connectivity index (χ2v) is 7.19. The fourth-order valence-electron chi connectivity index (χ4n) is 3.58. The lowest BCUT2D eigenvalue weighted by molar-refractivity contribution is -0.115. The van der Waals surface area contributed by atoms with Crippen LogP contribution >= 0.6 is 11.8 Å². The molecule has 0 bridgehead atoms. The molecule has 0 radical (unpaired) electrons. The molecule has 0 saturated heterocycles. The van der Waals surface area contributed by atoms with Crippen molar-refractivity contribution < 1.29 is 4.79 Å². The van der Waals surface area contributed by atoms with Crippen LogP contribution in [0.15, 0.2) is 88.3 Å². The molecule has 2 nitrogen and oxygen atoms in total. The molecule has 0 amide bonds. The Labute approximate surface area is 150 Å². The van der Waals surface area contributed by atoms with Crippen molar-refractivity contribution in [1.29, 1.82) is 0 Å². The van der Waals surface area contributed by atoms with Gasteiger partial charge in [0.05, 0.1) is 11.6 Å². The highest BCUT2D eigenvalue weighted by atomic mass is 32.2. The maximum Gasteiger partial charge on any atom is 0.169 e. The molecule has 5 rings (SSSR count). The zero-order valence-corrected chi connectivity index (χ0v) is 14.2. The largest absolute Gasteiger partial charge is 0.356 e. The summed E-state index contributed by atoms with van der Waals surface area (Å²) >= 11 is 1.68. The number of hydrogen-bond donors (Lipinski definition) is 1. The predicted octanol–water partition coefficient (Wildman–Crippen LogP) is 2.94. The summed E-state index contributed by atoms with van der Waals surface area (Å²) in [5.74, 6) is -0.154. The Bertz CT molecular complexity index is 1110. The third-order valence-corrected chi connectivity index (χ3v) is 5.75. The van der Waals surface area contributed by atoms with Crippen LogP contribution in [0.2, 0.25) is 0 Å². The average Bonchev–Trinajstić information content (AvgIpc) is 2.89. The maximum absolute atomic E-state index is 12.7. The van der Waals surface area contributed by atoms with Gasteiger partial charge in [-0.1, -0.05) is 66.4 Å². The number of rotatable bonds is 1. The summed E-state index contributed by atoms with van der Waals surface area (Å²) in [7, 11) is 0. The van der Waals surface area contributed by atoms with E-state index in [2.05, 4.69) is 41.1 Å². The van der Waals surface area contributed by atoms with Crippen LogP contribution in [0.4, 0.5) is 0 Å². The van der Waals surface area contributed by atoms with E-state index >= 15 is 0 Å². The van der Waals surface area contributed by atoms with Crippen molar-refractivity contribution in [2.24, 2.45) is 0 Å². The molecule has 120 valence electrons. The van der Waals surface area contributed by atoms with Crippen molar-refractivity contribution in [3.8, 4) is 0 Å². The van der Waals surface area contributed by atoms with Gasteiger partial charge in [0.15, 0.2) is 5.78 Å². The zero-order valence-electron chi connectivity index (χ0n) is 13.4. The maximum atomic E-state index is 12.7. The van der Waals surface area contributed by atoms with E-state index in [4.69, 9.17) is 0 Å². The molecule has 25 heavy (non-hydrogen) atoms. The van der Waals surface area contributed by atoms with E-state index in [1.54, 1.807) is 17.8 Å². The second-order valence-electron chi connectivity index (χ2n) is 6.28. The molecule has 0 aromatic heterocycles. The fraction of sp³-hybridized carbons (Fsp3) is 0.0455. The van der Waals surface area contributed by atoms with Crippen LogP contribution in [0.1, 0.15) is 11.5 Å². The quantitative estimate of drug-likeness (QED) is 0.865. The molecule has 1 N–H and O–H groups in total. The Balaban J connectivity index is 1.69. The van der Waals surface area contributed by atoms with Gasteiger partial charge in [0, 0.05) is 21.4 Å². The Morgan fingerprint density at radius 3 is 2.60 bits per heavy atom. The molecule has 2 aliphatic carbocycles. The first-order valence-corrected chi connectivity index (χ1v) is 9.15. The highest BCUT2D eigenvalue weighted by Crippen LogP contribution is 2.39. The number of benzene rings is 2. The number of nitrogens with one attached hydrogen (secondary N) is 1. The highest BCUT2D eigenvalue weighted by molar-refractivity contribution is 8.06. The van der Waals surface area contributed by atoms with Crippen LogP contribution in [0.3, 0.4) is 0 Å². The number of carbonyl (C=O) groups is 1. The normalized spacial score (nSPS) is 20.8. The molecule has 2 aromatic rings. The van der Waals surface area contributed by atoms with Gasteiger partial charge in [-0.15, -0.1) is 0 Å². The van der Waals surface area contributed by atoms with Gasteiger partial charge in [-0.3, -0.25) is 4.79 Å². The summed E-state index contributed by atoms with van der Waals surface area (Å²) in [5.41, 5.74) is 4.28. The SMILES string of the molecule is O=C1C=CC2=C(NC3=c4ccccc4=CC3=CS2)C1c1ccccc1. The molecule has 1 aliphatic heterocycles. The molecular formula is C22H15NOS. The van der Waals surface area contributed by atoms with E-state index in [9.17, 15) is 4.79 Å². The summed E-state index contributed by atoms with van der Waals surface area (Å²) < 4.78 is 0. The minimum absolute atomic E-state index is 0.123. The molecule has 0 fully saturated rings. The molecule has 0 saturated carbocycles. The van der Waals surface area contributed by atoms with Crippen LogP contribution in [0, 0.1) is 0 Å². The summed E-state index contributed by atoms with van der Waals surface area (Å²) in [6, 6.07) is 18.4. The Morgan fingerprint density at radius 2 is 1.72 bits per heavy atom.